The molecule has 2 saturated heterocycles. The average molecular weight is 297 g/mol. The van der Waals surface area contributed by atoms with Crippen LogP contribution in [0.5, 0.6) is 0 Å². The number of hydrogen-bond donors (Lipinski definition) is 2. The monoisotopic (exact) mass is 297 g/mol. The Balaban J connectivity index is 1.66. The Morgan fingerprint density at radius 3 is 2.57 bits per heavy atom. The lowest BCUT2D eigenvalue weighted by Crippen LogP contribution is -2.47. The van der Waals surface area contributed by atoms with Crippen LogP contribution in [0.3, 0.4) is 0 Å². The maximum absolute atomic E-state index is 12.1. The molecular formula is C15H27N3O3. The summed E-state index contributed by atoms with van der Waals surface area (Å²) in [4.78, 5) is 27.1. The van der Waals surface area contributed by atoms with Crippen LogP contribution in [0, 0.1) is 11.8 Å². The number of nitrogens with zero attached hydrogens (tertiary/aromatic N) is 2. The van der Waals surface area contributed by atoms with Gasteiger partial charge in [0.1, 0.15) is 0 Å². The zero-order chi connectivity index (χ0) is 15.2. The van der Waals surface area contributed by atoms with E-state index >= 15 is 0 Å². The number of carboxylic acids is 1. The first-order valence-corrected chi connectivity index (χ1v) is 8.00. The molecule has 0 spiro atoms. The molecule has 0 radical (unpaired) electrons. The summed E-state index contributed by atoms with van der Waals surface area (Å²) in [5.74, 6) is -0.494. The zero-order valence-corrected chi connectivity index (χ0v) is 12.9. The Bertz CT molecular complexity index is 367. The van der Waals surface area contributed by atoms with Crippen LogP contribution in [0.2, 0.25) is 0 Å². The van der Waals surface area contributed by atoms with Crippen molar-refractivity contribution in [3.63, 3.8) is 0 Å². The van der Waals surface area contributed by atoms with E-state index in [0.717, 1.165) is 25.9 Å². The Morgan fingerprint density at radius 2 is 1.90 bits per heavy atom. The molecule has 2 fully saturated rings. The van der Waals surface area contributed by atoms with Gasteiger partial charge < -0.3 is 20.2 Å². The number of piperidine rings is 2. The van der Waals surface area contributed by atoms with E-state index in [1.54, 1.807) is 4.90 Å². The Morgan fingerprint density at radius 1 is 1.19 bits per heavy atom. The smallest absolute Gasteiger partial charge is 0.317 e. The van der Waals surface area contributed by atoms with Crippen molar-refractivity contribution in [2.24, 2.45) is 11.8 Å². The third-order valence-corrected chi connectivity index (χ3v) is 4.72. The van der Waals surface area contributed by atoms with Gasteiger partial charge in [0.25, 0.3) is 0 Å². The van der Waals surface area contributed by atoms with Gasteiger partial charge in [0, 0.05) is 19.6 Å². The van der Waals surface area contributed by atoms with Crippen molar-refractivity contribution in [3.8, 4) is 0 Å². The largest absolute Gasteiger partial charge is 0.481 e. The van der Waals surface area contributed by atoms with Gasteiger partial charge in [0.15, 0.2) is 0 Å². The minimum atomic E-state index is -0.793. The maximum atomic E-state index is 12.1. The molecule has 0 aliphatic carbocycles. The van der Waals surface area contributed by atoms with Gasteiger partial charge in [-0.25, -0.2) is 4.79 Å². The molecule has 0 saturated carbocycles. The second-order valence-corrected chi connectivity index (χ2v) is 6.39. The van der Waals surface area contributed by atoms with Crippen LogP contribution in [0.15, 0.2) is 0 Å². The van der Waals surface area contributed by atoms with Crippen molar-refractivity contribution in [2.45, 2.75) is 32.1 Å². The molecule has 0 aromatic rings. The zero-order valence-electron chi connectivity index (χ0n) is 12.9. The lowest BCUT2D eigenvalue weighted by atomic mass is 9.94. The molecule has 120 valence electrons. The minimum Gasteiger partial charge on any atom is -0.481 e. The summed E-state index contributed by atoms with van der Waals surface area (Å²) < 4.78 is 0. The van der Waals surface area contributed by atoms with E-state index in [-0.39, 0.29) is 6.03 Å². The first-order chi connectivity index (χ1) is 10.1. The number of hydrogen-bond acceptors (Lipinski definition) is 3. The van der Waals surface area contributed by atoms with Crippen molar-refractivity contribution >= 4 is 12.0 Å². The number of carbonyl (C=O) groups excluding carboxylic acids is 1. The van der Waals surface area contributed by atoms with E-state index in [4.69, 9.17) is 5.11 Å². The van der Waals surface area contributed by atoms with Gasteiger partial charge in [-0.3, -0.25) is 4.79 Å². The normalized spacial score (nSPS) is 24.8. The summed E-state index contributed by atoms with van der Waals surface area (Å²) in [6.45, 7) is 4.00. The van der Waals surface area contributed by atoms with Gasteiger partial charge in [0.2, 0.25) is 0 Å². The molecule has 6 nitrogen and oxygen atoms in total. The summed E-state index contributed by atoms with van der Waals surface area (Å²) in [6, 6.07) is -0.103. The topological polar surface area (TPSA) is 72.9 Å². The van der Waals surface area contributed by atoms with Gasteiger partial charge >= 0.3 is 12.0 Å². The number of urea groups is 1. The van der Waals surface area contributed by atoms with Gasteiger partial charge in [-0.05, 0) is 58.2 Å². The van der Waals surface area contributed by atoms with Crippen LogP contribution in [-0.4, -0.2) is 66.7 Å². The van der Waals surface area contributed by atoms with E-state index in [2.05, 4.69) is 17.3 Å². The highest BCUT2D eigenvalue weighted by Gasteiger charge is 2.28. The first-order valence-electron chi connectivity index (χ1n) is 8.00. The third kappa shape index (κ3) is 4.88. The predicted octanol–water partition coefficient (Wildman–Crippen LogP) is 1.22. The summed E-state index contributed by atoms with van der Waals surface area (Å²) in [6.07, 6.45) is 4.89. The van der Waals surface area contributed by atoms with Crippen LogP contribution in [0.1, 0.15) is 32.1 Å². The molecule has 21 heavy (non-hydrogen) atoms. The van der Waals surface area contributed by atoms with E-state index in [0.29, 0.717) is 32.0 Å². The lowest BCUT2D eigenvalue weighted by molar-refractivity contribution is -0.143. The van der Waals surface area contributed by atoms with Crippen molar-refractivity contribution in [1.82, 2.24) is 15.1 Å². The number of carboxylic acid groups (broad SMARTS) is 1. The van der Waals surface area contributed by atoms with Crippen LogP contribution in [0.25, 0.3) is 0 Å². The second-order valence-electron chi connectivity index (χ2n) is 6.39. The third-order valence-electron chi connectivity index (χ3n) is 4.72. The number of aliphatic carboxylic acids is 1. The number of carbonyl (C=O) groups is 2. The fraction of sp³-hybridized carbons (Fsp3) is 0.867. The lowest BCUT2D eigenvalue weighted by Gasteiger charge is -2.31. The number of rotatable bonds is 4. The van der Waals surface area contributed by atoms with Crippen LogP contribution >= 0.6 is 0 Å². The Labute approximate surface area is 126 Å². The highest BCUT2D eigenvalue weighted by molar-refractivity contribution is 5.76. The van der Waals surface area contributed by atoms with Crippen molar-refractivity contribution in [1.29, 1.82) is 0 Å². The SMILES string of the molecule is CN1CCC(CCNC(=O)N2CCC[C@H](C(=O)O)C2)CC1. The molecule has 2 aliphatic heterocycles. The summed E-state index contributed by atoms with van der Waals surface area (Å²) in [5.41, 5.74) is 0. The molecular weight excluding hydrogens is 270 g/mol. The Hall–Kier alpha value is -1.30. The first kappa shape index (κ1) is 16.1. The molecule has 2 heterocycles. The highest BCUT2D eigenvalue weighted by atomic mass is 16.4. The molecule has 0 aromatic carbocycles. The van der Waals surface area contributed by atoms with E-state index in [9.17, 15) is 9.59 Å². The number of amides is 2. The number of nitrogens with one attached hydrogen (secondary N) is 1. The second kappa shape index (κ2) is 7.64. The maximum Gasteiger partial charge on any atom is 0.317 e. The Kier molecular flexibility index (Phi) is 5.85. The van der Waals surface area contributed by atoms with Gasteiger partial charge in [-0.1, -0.05) is 0 Å². The van der Waals surface area contributed by atoms with Gasteiger partial charge in [-0.15, -0.1) is 0 Å². The van der Waals surface area contributed by atoms with Crippen LogP contribution in [0.4, 0.5) is 4.79 Å². The van der Waals surface area contributed by atoms with Crippen molar-refractivity contribution < 1.29 is 14.7 Å². The molecule has 2 N–H and O–H groups in total. The fourth-order valence-corrected chi connectivity index (χ4v) is 3.21. The van der Waals surface area contributed by atoms with Crippen LogP contribution < -0.4 is 5.32 Å². The molecule has 1 atom stereocenters. The standard InChI is InChI=1S/C15H27N3O3/c1-17-9-5-12(6-10-17)4-7-16-15(21)18-8-2-3-13(11-18)14(19)20/h12-13H,2-11H2,1H3,(H,16,21)(H,19,20)/t13-/m0/s1. The van der Waals surface area contributed by atoms with Crippen LogP contribution in [-0.2, 0) is 4.79 Å². The minimum absolute atomic E-state index is 0.103. The summed E-state index contributed by atoms with van der Waals surface area (Å²) in [7, 11) is 2.15. The summed E-state index contributed by atoms with van der Waals surface area (Å²) >= 11 is 0. The highest BCUT2D eigenvalue weighted by Crippen LogP contribution is 2.19. The van der Waals surface area contributed by atoms with E-state index in [1.165, 1.54) is 12.8 Å². The van der Waals surface area contributed by atoms with Crippen molar-refractivity contribution in [2.75, 3.05) is 39.8 Å². The van der Waals surface area contributed by atoms with Gasteiger partial charge in [-0.2, -0.15) is 0 Å². The molecule has 0 bridgehead atoms. The average Bonchev–Trinajstić information content (AvgIpc) is 2.49. The molecule has 2 amide bonds. The fourth-order valence-electron chi connectivity index (χ4n) is 3.21. The molecule has 6 heteroatoms. The van der Waals surface area contributed by atoms with E-state index < -0.39 is 11.9 Å². The van der Waals surface area contributed by atoms with Gasteiger partial charge in [0.05, 0.1) is 5.92 Å². The molecule has 0 aromatic heterocycles. The molecule has 2 rings (SSSR count). The predicted molar refractivity (Wildman–Crippen MR) is 80.2 cm³/mol. The number of likely N-dealkylation sites (tertiary alicyclic amines) is 2. The summed E-state index contributed by atoms with van der Waals surface area (Å²) in [5, 5.41) is 12.0. The molecule has 2 aliphatic rings. The molecule has 0 unspecified atom stereocenters. The quantitative estimate of drug-likeness (QED) is 0.818. The van der Waals surface area contributed by atoms with Crippen molar-refractivity contribution in [3.05, 3.63) is 0 Å². The van der Waals surface area contributed by atoms with E-state index in [1.807, 2.05) is 0 Å².